The Morgan fingerprint density at radius 3 is 2.04 bits per heavy atom. The summed E-state index contributed by atoms with van der Waals surface area (Å²) in [7, 11) is -4.63. The molecule has 2 atom stereocenters. The molecule has 3 aromatic carbocycles. The SMILES string of the molecule is O=C(N1CCNC(CO)C1)N1CCC(c2ccc(C(OCc3c(F)cccc3F)(C(F)(F)F)C(F)(F)F)cc2)(S(=O)(=O)c2ccc(F)cc2)C1. The summed E-state index contributed by atoms with van der Waals surface area (Å²) >= 11 is 0. The number of sulfone groups is 1. The standard InChI is InChI=1S/C32H30F9N3O5S/c33-22-8-10-24(11-9-22)50(47,48)29(12-14-44(19-29)28(46)43-15-13-42-23(16-43)17-45)20-4-6-21(7-5-20)30(31(36,37)38,32(39,40)41)49-18-25-26(34)2-1-3-27(25)35/h1-11,23,42,45H,12-19H2. The van der Waals surface area contributed by atoms with E-state index in [1.165, 1.54) is 9.80 Å². The van der Waals surface area contributed by atoms with Crippen LogP contribution in [0.15, 0.2) is 71.6 Å². The van der Waals surface area contributed by atoms with Crippen LogP contribution < -0.4 is 5.32 Å². The van der Waals surface area contributed by atoms with Gasteiger partial charge in [-0.05, 0) is 48.4 Å². The van der Waals surface area contributed by atoms with E-state index in [1.807, 2.05) is 0 Å². The van der Waals surface area contributed by atoms with Crippen LogP contribution in [0.1, 0.15) is 23.1 Å². The Kier molecular flexibility index (Phi) is 10.2. The van der Waals surface area contributed by atoms with Gasteiger partial charge in [-0.15, -0.1) is 0 Å². The van der Waals surface area contributed by atoms with E-state index in [1.54, 1.807) is 0 Å². The highest BCUT2D eigenvalue weighted by Crippen LogP contribution is 2.54. The van der Waals surface area contributed by atoms with E-state index in [9.17, 15) is 57.8 Å². The maximum absolute atomic E-state index is 14.5. The third kappa shape index (κ3) is 6.53. The Bertz CT molecular complexity index is 1770. The molecule has 2 aliphatic rings. The fourth-order valence-electron chi connectivity index (χ4n) is 6.31. The molecule has 18 heteroatoms. The van der Waals surface area contributed by atoms with E-state index in [0.717, 1.165) is 42.5 Å². The van der Waals surface area contributed by atoms with E-state index in [4.69, 9.17) is 0 Å². The lowest BCUT2D eigenvalue weighted by Crippen LogP contribution is -2.57. The average Bonchev–Trinajstić information content (AvgIpc) is 3.52. The predicted octanol–water partition coefficient (Wildman–Crippen LogP) is 5.40. The van der Waals surface area contributed by atoms with Crippen LogP contribution in [-0.4, -0.2) is 87.1 Å². The molecule has 272 valence electrons. The molecular formula is C32H30F9N3O5S. The Hall–Kier alpha value is -3.87. The first-order valence-electron chi connectivity index (χ1n) is 15.1. The topological polar surface area (TPSA) is 99.2 Å². The number of aliphatic hydroxyl groups is 1. The van der Waals surface area contributed by atoms with Crippen molar-refractivity contribution in [3.05, 3.63) is 101 Å². The van der Waals surface area contributed by atoms with Crippen molar-refractivity contribution in [2.45, 2.75) is 46.7 Å². The van der Waals surface area contributed by atoms with Crippen LogP contribution in [0.4, 0.5) is 44.3 Å². The molecule has 0 bridgehead atoms. The van der Waals surface area contributed by atoms with Crippen molar-refractivity contribution in [2.75, 3.05) is 39.3 Å². The monoisotopic (exact) mass is 739 g/mol. The van der Waals surface area contributed by atoms with Crippen molar-refractivity contribution in [2.24, 2.45) is 0 Å². The van der Waals surface area contributed by atoms with Crippen LogP contribution in [0.3, 0.4) is 0 Å². The zero-order valence-electron chi connectivity index (χ0n) is 25.9. The number of nitrogens with zero attached hydrogens (tertiary/aromatic N) is 2. The Balaban J connectivity index is 1.58. The summed E-state index contributed by atoms with van der Waals surface area (Å²) in [5.74, 6) is -3.67. The fraction of sp³-hybridized carbons (Fsp3) is 0.406. The number of carbonyl (C=O) groups is 1. The number of carbonyl (C=O) groups excluding carboxylic acids is 1. The number of nitrogens with one attached hydrogen (secondary N) is 1. The number of halogens is 9. The highest BCUT2D eigenvalue weighted by Gasteiger charge is 2.73. The van der Waals surface area contributed by atoms with Gasteiger partial charge in [-0.1, -0.05) is 30.3 Å². The number of alkyl halides is 6. The second-order valence-corrected chi connectivity index (χ2v) is 14.2. The number of rotatable bonds is 8. The van der Waals surface area contributed by atoms with Crippen LogP contribution in [0, 0.1) is 17.5 Å². The summed E-state index contributed by atoms with van der Waals surface area (Å²) < 4.78 is 160. The van der Waals surface area contributed by atoms with Gasteiger partial charge in [0.2, 0.25) is 0 Å². The van der Waals surface area contributed by atoms with Crippen molar-refractivity contribution in [1.29, 1.82) is 0 Å². The molecule has 0 radical (unpaired) electrons. The first-order valence-corrected chi connectivity index (χ1v) is 16.6. The van der Waals surface area contributed by atoms with Crippen LogP contribution in [0.2, 0.25) is 0 Å². The molecule has 2 amide bonds. The summed E-state index contributed by atoms with van der Waals surface area (Å²) in [6, 6.07) is 6.83. The lowest BCUT2D eigenvalue weighted by atomic mass is 9.88. The summed E-state index contributed by atoms with van der Waals surface area (Å²) in [5, 5.41) is 12.5. The molecule has 2 aliphatic heterocycles. The van der Waals surface area contributed by atoms with Crippen LogP contribution in [-0.2, 0) is 31.5 Å². The quantitative estimate of drug-likeness (QED) is 0.237. The molecule has 8 nitrogen and oxygen atoms in total. The van der Waals surface area contributed by atoms with Gasteiger partial charge in [0.15, 0.2) is 9.84 Å². The van der Waals surface area contributed by atoms with Gasteiger partial charge in [0.1, 0.15) is 22.2 Å². The number of urea groups is 1. The minimum atomic E-state index is -6.24. The molecule has 2 unspecified atom stereocenters. The second-order valence-electron chi connectivity index (χ2n) is 11.9. The number of benzene rings is 3. The van der Waals surface area contributed by atoms with Crippen molar-refractivity contribution in [3.8, 4) is 0 Å². The molecule has 0 spiro atoms. The molecule has 0 aromatic heterocycles. The fourth-order valence-corrected chi connectivity index (χ4v) is 8.39. The van der Waals surface area contributed by atoms with E-state index in [-0.39, 0.29) is 38.2 Å². The molecule has 2 fully saturated rings. The van der Waals surface area contributed by atoms with Crippen LogP contribution >= 0.6 is 0 Å². The zero-order valence-corrected chi connectivity index (χ0v) is 26.7. The molecule has 2 heterocycles. The summed E-state index contributed by atoms with van der Waals surface area (Å²) in [5.41, 5.74) is -8.14. The van der Waals surface area contributed by atoms with Crippen molar-refractivity contribution >= 4 is 15.9 Å². The summed E-state index contributed by atoms with van der Waals surface area (Å²) in [4.78, 5) is 15.6. The molecule has 2 saturated heterocycles. The maximum atomic E-state index is 14.5. The lowest BCUT2D eigenvalue weighted by Gasteiger charge is -2.38. The number of piperazine rings is 1. The van der Waals surface area contributed by atoms with Gasteiger partial charge < -0.3 is 25.0 Å². The highest BCUT2D eigenvalue weighted by molar-refractivity contribution is 7.92. The molecule has 3 aromatic rings. The molecule has 5 rings (SSSR count). The minimum absolute atomic E-state index is 0.0754. The van der Waals surface area contributed by atoms with Crippen LogP contribution in [0.5, 0.6) is 0 Å². The number of amides is 2. The normalized spacial score (nSPS) is 20.7. The number of hydrogen-bond donors (Lipinski definition) is 2. The lowest BCUT2D eigenvalue weighted by molar-refractivity contribution is -0.392. The predicted molar refractivity (Wildman–Crippen MR) is 159 cm³/mol. The van der Waals surface area contributed by atoms with E-state index < -0.39 is 91.2 Å². The Labute approximate surface area is 280 Å². The van der Waals surface area contributed by atoms with Gasteiger partial charge in [-0.3, -0.25) is 0 Å². The van der Waals surface area contributed by atoms with E-state index in [0.29, 0.717) is 30.8 Å². The summed E-state index contributed by atoms with van der Waals surface area (Å²) in [6.07, 6.45) is -12.8. The Morgan fingerprint density at radius 1 is 0.880 bits per heavy atom. The Morgan fingerprint density at radius 2 is 1.48 bits per heavy atom. The molecular weight excluding hydrogens is 709 g/mol. The molecule has 50 heavy (non-hydrogen) atoms. The van der Waals surface area contributed by atoms with Gasteiger partial charge in [-0.2, -0.15) is 26.3 Å². The van der Waals surface area contributed by atoms with Crippen molar-refractivity contribution in [3.63, 3.8) is 0 Å². The number of likely N-dealkylation sites (tertiary alicyclic amines) is 1. The molecule has 2 N–H and O–H groups in total. The van der Waals surface area contributed by atoms with Crippen molar-refractivity contribution < 1.29 is 62.6 Å². The molecule has 0 aliphatic carbocycles. The number of aliphatic hydroxyl groups excluding tert-OH is 1. The summed E-state index contributed by atoms with van der Waals surface area (Å²) in [6.45, 7) is -2.25. The van der Waals surface area contributed by atoms with Gasteiger partial charge >= 0.3 is 18.4 Å². The smallest absolute Gasteiger partial charge is 0.395 e. The zero-order chi connectivity index (χ0) is 36.7. The average molecular weight is 740 g/mol. The number of ether oxygens (including phenoxy) is 1. The van der Waals surface area contributed by atoms with E-state index in [2.05, 4.69) is 10.1 Å². The van der Waals surface area contributed by atoms with Gasteiger partial charge in [0.05, 0.1) is 18.1 Å². The second kappa shape index (κ2) is 13.7. The third-order valence-corrected chi connectivity index (χ3v) is 11.5. The van der Waals surface area contributed by atoms with Gasteiger partial charge in [0.25, 0.3) is 5.60 Å². The first kappa shape index (κ1) is 37.4. The maximum Gasteiger partial charge on any atom is 0.430 e. The molecule has 0 saturated carbocycles. The highest BCUT2D eigenvalue weighted by atomic mass is 32.2. The van der Waals surface area contributed by atoms with Crippen molar-refractivity contribution in [1.82, 2.24) is 15.1 Å². The minimum Gasteiger partial charge on any atom is -0.395 e. The first-order chi connectivity index (χ1) is 23.4. The van der Waals surface area contributed by atoms with E-state index >= 15 is 0 Å². The van der Waals surface area contributed by atoms with Gasteiger partial charge in [0, 0.05) is 49.9 Å². The van der Waals surface area contributed by atoms with Crippen LogP contribution in [0.25, 0.3) is 0 Å². The number of hydrogen-bond acceptors (Lipinski definition) is 6. The van der Waals surface area contributed by atoms with Gasteiger partial charge in [-0.25, -0.2) is 26.4 Å². The third-order valence-electron chi connectivity index (χ3n) is 9.00. The largest absolute Gasteiger partial charge is 0.430 e.